The molecule has 6 heteroatoms. The lowest BCUT2D eigenvalue weighted by molar-refractivity contribution is -0.124. The quantitative estimate of drug-likeness (QED) is 0.650. The van der Waals surface area contributed by atoms with Gasteiger partial charge in [0.25, 0.3) is 5.91 Å². The Balaban J connectivity index is 2.01. The molecule has 0 saturated heterocycles. The first kappa shape index (κ1) is 15.8. The molecule has 2 rings (SSSR count). The van der Waals surface area contributed by atoms with Crippen molar-refractivity contribution < 1.29 is 18.7 Å². The predicted octanol–water partition coefficient (Wildman–Crippen LogP) is 1.87. The molecule has 116 valence electrons. The maximum absolute atomic E-state index is 11.9. The fraction of sp³-hybridized carbons (Fsp3) is 0.312. The monoisotopic (exact) mass is 303 g/mol. The van der Waals surface area contributed by atoms with Gasteiger partial charge in [0.15, 0.2) is 12.0 Å². The van der Waals surface area contributed by atoms with Gasteiger partial charge in [-0.2, -0.15) is 0 Å². The van der Waals surface area contributed by atoms with Gasteiger partial charge in [0.05, 0.1) is 5.39 Å². The van der Waals surface area contributed by atoms with Crippen LogP contribution in [0.3, 0.4) is 0 Å². The highest BCUT2D eigenvalue weighted by molar-refractivity contribution is 5.90. The number of ether oxygens (including phenoxy) is 1. The summed E-state index contributed by atoms with van der Waals surface area (Å²) >= 11 is 0. The van der Waals surface area contributed by atoms with Crippen molar-refractivity contribution in [2.75, 3.05) is 13.2 Å². The van der Waals surface area contributed by atoms with Crippen molar-refractivity contribution in [1.29, 1.82) is 0 Å². The van der Waals surface area contributed by atoms with Gasteiger partial charge < -0.3 is 14.5 Å². The van der Waals surface area contributed by atoms with Crippen LogP contribution in [0.2, 0.25) is 0 Å². The summed E-state index contributed by atoms with van der Waals surface area (Å²) in [6, 6.07) is 7.67. The number of hydrogen-bond acceptors (Lipinski definition) is 5. The molecule has 0 radical (unpaired) electrons. The van der Waals surface area contributed by atoms with Gasteiger partial charge in [-0.3, -0.25) is 9.59 Å². The summed E-state index contributed by atoms with van der Waals surface area (Å²) in [6.45, 7) is 2.14. The topological polar surface area (TPSA) is 85.6 Å². The summed E-state index contributed by atoms with van der Waals surface area (Å²) < 4.78 is 10.2. The van der Waals surface area contributed by atoms with Crippen LogP contribution in [0.5, 0.6) is 0 Å². The molecule has 0 aliphatic rings. The van der Waals surface area contributed by atoms with Crippen molar-refractivity contribution in [2.24, 2.45) is 0 Å². The maximum atomic E-state index is 11.9. The Kier molecular flexibility index (Phi) is 5.30. The number of nitrogens with one attached hydrogen (secondary N) is 1. The Morgan fingerprint density at radius 1 is 1.27 bits per heavy atom. The smallest absolute Gasteiger partial charge is 0.374 e. The second-order valence-corrected chi connectivity index (χ2v) is 4.75. The predicted molar refractivity (Wildman–Crippen MR) is 80.7 cm³/mol. The van der Waals surface area contributed by atoms with E-state index in [1.54, 1.807) is 24.3 Å². The minimum absolute atomic E-state index is 0.218. The first-order valence-corrected chi connectivity index (χ1v) is 7.08. The van der Waals surface area contributed by atoms with E-state index in [0.717, 1.165) is 18.9 Å². The third-order valence-corrected chi connectivity index (χ3v) is 3.02. The molecular weight excluding hydrogens is 286 g/mol. The van der Waals surface area contributed by atoms with E-state index in [1.165, 1.54) is 0 Å². The zero-order chi connectivity index (χ0) is 15.9. The average Bonchev–Trinajstić information content (AvgIpc) is 2.53. The Labute approximate surface area is 127 Å². The number of carbonyl (C=O) groups excluding carboxylic acids is 2. The van der Waals surface area contributed by atoms with Crippen LogP contribution in [0.4, 0.5) is 0 Å². The molecule has 1 aromatic carbocycles. The molecule has 0 aliphatic carbocycles. The Morgan fingerprint density at radius 2 is 2.05 bits per heavy atom. The molecule has 2 aromatic rings. The molecule has 0 saturated carbocycles. The molecule has 0 atom stereocenters. The normalized spacial score (nSPS) is 10.4. The fourth-order valence-electron chi connectivity index (χ4n) is 1.86. The van der Waals surface area contributed by atoms with Crippen molar-refractivity contribution >= 4 is 22.8 Å². The number of esters is 1. The van der Waals surface area contributed by atoms with Gasteiger partial charge in [0, 0.05) is 12.6 Å². The minimum atomic E-state index is -0.839. The van der Waals surface area contributed by atoms with Gasteiger partial charge in [-0.15, -0.1) is 0 Å². The Bertz CT molecular complexity index is 735. The van der Waals surface area contributed by atoms with E-state index < -0.39 is 12.6 Å². The van der Waals surface area contributed by atoms with Crippen LogP contribution in [0.1, 0.15) is 30.3 Å². The van der Waals surface area contributed by atoms with Crippen molar-refractivity contribution in [1.82, 2.24) is 5.32 Å². The molecule has 0 unspecified atom stereocenters. The van der Waals surface area contributed by atoms with Gasteiger partial charge in [-0.05, 0) is 18.6 Å². The van der Waals surface area contributed by atoms with Crippen LogP contribution in [-0.4, -0.2) is 25.0 Å². The maximum Gasteiger partial charge on any atom is 0.374 e. The van der Waals surface area contributed by atoms with E-state index in [2.05, 4.69) is 5.32 Å². The van der Waals surface area contributed by atoms with Crippen molar-refractivity contribution in [2.45, 2.75) is 19.8 Å². The number of carbonyl (C=O) groups is 2. The number of fused-ring (bicyclic) bond motifs is 1. The van der Waals surface area contributed by atoms with Crippen molar-refractivity contribution in [3.63, 3.8) is 0 Å². The number of benzene rings is 1. The Hall–Kier alpha value is -2.63. The summed E-state index contributed by atoms with van der Waals surface area (Å²) in [6.07, 6.45) is 1.82. The van der Waals surface area contributed by atoms with Crippen LogP contribution in [0, 0.1) is 0 Å². The lowest BCUT2D eigenvalue weighted by atomic mass is 10.2. The van der Waals surface area contributed by atoms with Crippen LogP contribution in [0.25, 0.3) is 11.0 Å². The van der Waals surface area contributed by atoms with Crippen LogP contribution < -0.4 is 10.7 Å². The molecule has 0 bridgehead atoms. The zero-order valence-electron chi connectivity index (χ0n) is 12.3. The third kappa shape index (κ3) is 3.94. The highest BCUT2D eigenvalue weighted by Crippen LogP contribution is 2.12. The van der Waals surface area contributed by atoms with E-state index >= 15 is 0 Å². The molecule has 1 heterocycles. The van der Waals surface area contributed by atoms with E-state index in [9.17, 15) is 14.4 Å². The van der Waals surface area contributed by atoms with Gasteiger partial charge >= 0.3 is 5.97 Å². The van der Waals surface area contributed by atoms with Gasteiger partial charge in [-0.1, -0.05) is 25.5 Å². The number of rotatable bonds is 6. The summed E-state index contributed by atoms with van der Waals surface area (Å²) in [4.78, 5) is 35.2. The second kappa shape index (κ2) is 7.40. The van der Waals surface area contributed by atoms with Gasteiger partial charge in [0.2, 0.25) is 5.76 Å². The van der Waals surface area contributed by atoms with Crippen LogP contribution in [0.15, 0.2) is 39.5 Å². The number of para-hydroxylation sites is 1. The minimum Gasteiger partial charge on any atom is -0.450 e. The summed E-state index contributed by atoms with van der Waals surface area (Å²) in [5.41, 5.74) is -0.0319. The van der Waals surface area contributed by atoms with Gasteiger partial charge in [-0.25, -0.2) is 4.79 Å². The highest BCUT2D eigenvalue weighted by atomic mass is 16.5. The Morgan fingerprint density at radius 3 is 2.82 bits per heavy atom. The third-order valence-electron chi connectivity index (χ3n) is 3.02. The zero-order valence-corrected chi connectivity index (χ0v) is 12.3. The molecule has 1 aromatic heterocycles. The number of unbranched alkanes of at least 4 members (excludes halogenated alkanes) is 1. The highest BCUT2D eigenvalue weighted by Gasteiger charge is 2.15. The van der Waals surface area contributed by atoms with Crippen molar-refractivity contribution in [3.8, 4) is 0 Å². The lowest BCUT2D eigenvalue weighted by Gasteiger charge is -2.06. The number of hydrogen-bond donors (Lipinski definition) is 1. The first-order chi connectivity index (χ1) is 10.6. The molecule has 22 heavy (non-hydrogen) atoms. The van der Waals surface area contributed by atoms with E-state index in [0.29, 0.717) is 17.5 Å². The summed E-state index contributed by atoms with van der Waals surface area (Å²) in [7, 11) is 0. The van der Waals surface area contributed by atoms with E-state index in [1.807, 2.05) is 6.92 Å². The largest absolute Gasteiger partial charge is 0.450 e. The molecule has 1 amide bonds. The lowest BCUT2D eigenvalue weighted by Crippen LogP contribution is -2.29. The first-order valence-electron chi connectivity index (χ1n) is 7.08. The van der Waals surface area contributed by atoms with Crippen LogP contribution in [-0.2, 0) is 9.53 Å². The number of amides is 1. The van der Waals surface area contributed by atoms with E-state index in [-0.39, 0.29) is 17.1 Å². The van der Waals surface area contributed by atoms with E-state index in [4.69, 9.17) is 9.15 Å². The molecule has 0 fully saturated rings. The SMILES string of the molecule is CCCCNC(=O)COC(=O)c1cc(=O)c2ccccc2o1. The van der Waals surface area contributed by atoms with Gasteiger partial charge in [0.1, 0.15) is 5.58 Å². The fourth-order valence-corrected chi connectivity index (χ4v) is 1.86. The summed E-state index contributed by atoms with van der Waals surface area (Å²) in [5.74, 6) is -1.44. The molecular formula is C16H17NO5. The van der Waals surface area contributed by atoms with Crippen LogP contribution >= 0.6 is 0 Å². The second-order valence-electron chi connectivity index (χ2n) is 4.75. The molecule has 6 nitrogen and oxygen atoms in total. The summed E-state index contributed by atoms with van der Waals surface area (Å²) in [5, 5.41) is 3.01. The molecule has 0 spiro atoms. The average molecular weight is 303 g/mol. The molecule has 0 aliphatic heterocycles. The standard InChI is InChI=1S/C16H17NO5/c1-2-3-8-17-15(19)10-21-16(20)14-9-12(18)11-6-4-5-7-13(11)22-14/h4-7,9H,2-3,8,10H2,1H3,(H,17,19). The van der Waals surface area contributed by atoms with Crippen molar-refractivity contribution in [3.05, 3.63) is 46.3 Å². The molecule has 1 N–H and O–H groups in total.